The van der Waals surface area contributed by atoms with Crippen molar-refractivity contribution in [2.75, 3.05) is 6.54 Å². The highest BCUT2D eigenvalue weighted by Gasteiger charge is 2.28. The fourth-order valence-electron chi connectivity index (χ4n) is 2.44. The first-order valence-corrected chi connectivity index (χ1v) is 9.40. The van der Waals surface area contributed by atoms with E-state index in [0.29, 0.717) is 5.69 Å². The molecule has 1 rings (SSSR count). The van der Waals surface area contributed by atoms with Crippen molar-refractivity contribution < 1.29 is 29.1 Å². The van der Waals surface area contributed by atoms with Crippen molar-refractivity contribution >= 4 is 29.6 Å². The molecule has 0 unspecified atom stereocenters. The van der Waals surface area contributed by atoms with Crippen LogP contribution in [0.4, 0.5) is 0 Å². The summed E-state index contributed by atoms with van der Waals surface area (Å²) in [6, 6.07) is -4.52. The number of nitrogens with one attached hydrogen (secondary N) is 4. The molecule has 0 saturated carbocycles. The van der Waals surface area contributed by atoms with Crippen LogP contribution in [0.2, 0.25) is 0 Å². The first-order chi connectivity index (χ1) is 14.5. The number of primary amides is 1. The monoisotopic (exact) mass is 440 g/mol. The van der Waals surface area contributed by atoms with Crippen LogP contribution in [-0.4, -0.2) is 75.4 Å². The zero-order valence-corrected chi connectivity index (χ0v) is 17.0. The van der Waals surface area contributed by atoms with E-state index in [1.807, 2.05) is 0 Å². The van der Waals surface area contributed by atoms with Gasteiger partial charge in [0.1, 0.15) is 18.1 Å². The Morgan fingerprint density at radius 1 is 1.10 bits per heavy atom. The second-order valence-corrected chi connectivity index (χ2v) is 6.81. The molecule has 0 aliphatic carbocycles. The molecule has 1 heterocycles. The van der Waals surface area contributed by atoms with Gasteiger partial charge in [-0.25, -0.2) is 4.98 Å². The highest BCUT2D eigenvalue weighted by atomic mass is 16.4. The quantitative estimate of drug-likeness (QED) is 0.149. The standard InChI is InChI=1S/C17H28N8O6/c1-8(23-16(30)10(19)5-18)15(29)24-11(2-3-13(26)27)17(31)25-12(14(20)28)4-9-6-21-7-22-9/h6-8,10-12H,2-5,18-19H2,1H3,(H2,20,28)(H,21,22)(H,23,30)(H,24,29)(H,25,31)(H,26,27)/t8-,10-,11-,12-/m0/s1. The van der Waals surface area contributed by atoms with Crippen LogP contribution < -0.4 is 33.2 Å². The third-order valence-corrected chi connectivity index (χ3v) is 4.26. The maximum absolute atomic E-state index is 12.7. The summed E-state index contributed by atoms with van der Waals surface area (Å²) in [6.45, 7) is 1.22. The number of carbonyl (C=O) groups excluding carboxylic acids is 4. The normalized spacial score (nSPS) is 14.5. The van der Waals surface area contributed by atoms with Gasteiger partial charge in [-0.15, -0.1) is 0 Å². The Morgan fingerprint density at radius 3 is 2.26 bits per heavy atom. The zero-order valence-electron chi connectivity index (χ0n) is 17.0. The average molecular weight is 440 g/mol. The summed E-state index contributed by atoms with van der Waals surface area (Å²) in [5, 5.41) is 16.0. The number of aliphatic carboxylic acids is 1. The van der Waals surface area contributed by atoms with Crippen LogP contribution in [-0.2, 0) is 30.4 Å². The number of carbonyl (C=O) groups is 5. The summed E-state index contributed by atoms with van der Waals surface area (Å²) in [4.78, 5) is 66.1. The lowest BCUT2D eigenvalue weighted by Crippen LogP contribution is -2.57. The molecule has 0 bridgehead atoms. The van der Waals surface area contributed by atoms with Gasteiger partial charge >= 0.3 is 5.97 Å². The topological polar surface area (TPSA) is 248 Å². The third kappa shape index (κ3) is 8.79. The van der Waals surface area contributed by atoms with Crippen LogP contribution in [0.1, 0.15) is 25.5 Å². The van der Waals surface area contributed by atoms with E-state index < -0.39 is 60.2 Å². The Balaban J connectivity index is 2.84. The van der Waals surface area contributed by atoms with E-state index >= 15 is 0 Å². The van der Waals surface area contributed by atoms with Crippen LogP contribution in [0.25, 0.3) is 0 Å². The minimum absolute atomic E-state index is 0.0180. The Bertz CT molecular complexity index is 784. The molecule has 0 aromatic carbocycles. The lowest BCUT2D eigenvalue weighted by Gasteiger charge is -2.23. The van der Waals surface area contributed by atoms with Gasteiger partial charge in [0.05, 0.1) is 12.4 Å². The lowest BCUT2D eigenvalue weighted by molar-refractivity contribution is -0.138. The number of amides is 4. The molecule has 31 heavy (non-hydrogen) atoms. The summed E-state index contributed by atoms with van der Waals surface area (Å²) in [7, 11) is 0. The summed E-state index contributed by atoms with van der Waals surface area (Å²) in [5.74, 6) is -4.25. The van der Waals surface area contributed by atoms with E-state index in [1.165, 1.54) is 19.4 Å². The number of rotatable bonds is 13. The van der Waals surface area contributed by atoms with Crippen molar-refractivity contribution in [3.63, 3.8) is 0 Å². The van der Waals surface area contributed by atoms with Gasteiger partial charge in [-0.3, -0.25) is 24.0 Å². The van der Waals surface area contributed by atoms with E-state index in [1.54, 1.807) is 0 Å². The molecule has 14 nitrogen and oxygen atoms in total. The molecule has 172 valence electrons. The van der Waals surface area contributed by atoms with Crippen LogP contribution in [0.3, 0.4) is 0 Å². The fraction of sp³-hybridized carbons (Fsp3) is 0.529. The molecule has 4 amide bonds. The molecule has 0 spiro atoms. The van der Waals surface area contributed by atoms with Gasteiger partial charge in [0.15, 0.2) is 0 Å². The van der Waals surface area contributed by atoms with Crippen LogP contribution >= 0.6 is 0 Å². The van der Waals surface area contributed by atoms with E-state index in [-0.39, 0.29) is 19.4 Å². The van der Waals surface area contributed by atoms with Crippen LogP contribution in [0.15, 0.2) is 12.5 Å². The minimum atomic E-state index is -1.30. The molecular formula is C17H28N8O6. The van der Waals surface area contributed by atoms with Gasteiger partial charge in [-0.1, -0.05) is 0 Å². The first kappa shape index (κ1) is 25.5. The Hall–Kier alpha value is -3.52. The fourth-order valence-corrected chi connectivity index (χ4v) is 2.44. The Kier molecular flexibility index (Phi) is 10.1. The summed E-state index contributed by atoms with van der Waals surface area (Å²) >= 11 is 0. The number of aromatic amines is 1. The number of imidazole rings is 1. The largest absolute Gasteiger partial charge is 0.481 e. The minimum Gasteiger partial charge on any atom is -0.481 e. The van der Waals surface area contributed by atoms with E-state index in [4.69, 9.17) is 22.3 Å². The summed E-state index contributed by atoms with van der Waals surface area (Å²) in [5.41, 5.74) is 16.6. The predicted octanol–water partition coefficient (Wildman–Crippen LogP) is -3.94. The van der Waals surface area contributed by atoms with Crippen molar-refractivity contribution in [3.8, 4) is 0 Å². The molecule has 11 N–H and O–H groups in total. The van der Waals surface area contributed by atoms with Crippen molar-refractivity contribution in [2.45, 2.75) is 50.4 Å². The number of nitrogens with two attached hydrogens (primary N) is 3. The molecule has 1 aromatic heterocycles. The van der Waals surface area contributed by atoms with Gasteiger partial charge in [0.2, 0.25) is 23.6 Å². The highest BCUT2D eigenvalue weighted by Crippen LogP contribution is 2.03. The van der Waals surface area contributed by atoms with E-state index in [2.05, 4.69) is 25.9 Å². The van der Waals surface area contributed by atoms with Crippen LogP contribution in [0.5, 0.6) is 0 Å². The third-order valence-electron chi connectivity index (χ3n) is 4.26. The van der Waals surface area contributed by atoms with Gasteiger partial charge in [0.25, 0.3) is 0 Å². The molecular weight excluding hydrogens is 412 g/mol. The molecule has 4 atom stereocenters. The zero-order chi connectivity index (χ0) is 23.6. The lowest BCUT2D eigenvalue weighted by atomic mass is 10.1. The molecule has 0 aliphatic heterocycles. The summed E-state index contributed by atoms with van der Waals surface area (Å²) < 4.78 is 0. The van der Waals surface area contributed by atoms with Crippen LogP contribution in [0, 0.1) is 0 Å². The van der Waals surface area contributed by atoms with Crippen molar-refractivity contribution in [3.05, 3.63) is 18.2 Å². The van der Waals surface area contributed by atoms with Gasteiger partial charge in [-0.05, 0) is 13.3 Å². The van der Waals surface area contributed by atoms with Crippen molar-refractivity contribution in [1.82, 2.24) is 25.9 Å². The van der Waals surface area contributed by atoms with E-state index in [0.717, 1.165) is 0 Å². The number of carboxylic acid groups (broad SMARTS) is 1. The van der Waals surface area contributed by atoms with E-state index in [9.17, 15) is 24.0 Å². The number of aromatic nitrogens is 2. The first-order valence-electron chi connectivity index (χ1n) is 9.40. The second-order valence-electron chi connectivity index (χ2n) is 6.81. The Labute approximate surface area is 177 Å². The molecule has 0 fully saturated rings. The van der Waals surface area contributed by atoms with Crippen molar-refractivity contribution in [1.29, 1.82) is 0 Å². The van der Waals surface area contributed by atoms with Gasteiger partial charge in [-0.2, -0.15) is 0 Å². The molecule has 0 saturated heterocycles. The maximum atomic E-state index is 12.7. The second kappa shape index (κ2) is 12.2. The maximum Gasteiger partial charge on any atom is 0.303 e. The van der Waals surface area contributed by atoms with Gasteiger partial charge in [0, 0.05) is 31.3 Å². The SMILES string of the molecule is C[C@H](NC(=O)[C@@H](N)CN)C(=O)N[C@@H](CCC(=O)O)C(=O)N[C@@H](Cc1cnc[nH]1)C(N)=O. The molecule has 14 heteroatoms. The molecule has 0 radical (unpaired) electrons. The molecule has 0 aliphatic rings. The number of nitrogens with zero attached hydrogens (tertiary/aromatic N) is 1. The Morgan fingerprint density at radius 2 is 1.74 bits per heavy atom. The number of hydrogen-bond donors (Lipinski definition) is 8. The highest BCUT2D eigenvalue weighted by molar-refractivity contribution is 5.94. The number of carboxylic acids is 1. The molecule has 1 aromatic rings. The average Bonchev–Trinajstić information content (AvgIpc) is 3.22. The van der Waals surface area contributed by atoms with Gasteiger partial charge < -0.3 is 43.2 Å². The summed E-state index contributed by atoms with van der Waals surface area (Å²) in [6.07, 6.45) is 2.16. The number of H-pyrrole nitrogens is 1. The predicted molar refractivity (Wildman–Crippen MR) is 107 cm³/mol. The number of hydrogen-bond acceptors (Lipinski definition) is 8. The smallest absolute Gasteiger partial charge is 0.303 e. The van der Waals surface area contributed by atoms with Crippen molar-refractivity contribution in [2.24, 2.45) is 17.2 Å².